The van der Waals surface area contributed by atoms with Gasteiger partial charge in [0.25, 0.3) is 0 Å². The summed E-state index contributed by atoms with van der Waals surface area (Å²) in [6.45, 7) is 6.82. The molecule has 5 rings (SSSR count). The van der Waals surface area contributed by atoms with E-state index in [0.29, 0.717) is 0 Å². The minimum atomic E-state index is 0.0353. The standard InChI is InChI=1S/C23H21NO/c1-23(2,3)16-13-19-20(15-10-6-8-12-18(15)25-19)21-14-9-5-7-11-17(14)24(4)22(16)21/h5-13H,1-4H3. The molecule has 0 aliphatic rings. The summed E-state index contributed by atoms with van der Waals surface area (Å²) in [6, 6.07) is 19.3. The lowest BCUT2D eigenvalue weighted by Crippen LogP contribution is -2.13. The molecule has 2 heteroatoms. The number of benzene rings is 3. The number of furan rings is 1. The molecule has 5 aromatic rings. The Kier molecular flexibility index (Phi) is 2.72. The Morgan fingerprint density at radius 2 is 1.48 bits per heavy atom. The zero-order chi connectivity index (χ0) is 17.3. The van der Waals surface area contributed by atoms with Crippen LogP contribution in [0.25, 0.3) is 43.7 Å². The Morgan fingerprint density at radius 3 is 2.24 bits per heavy atom. The number of aromatic nitrogens is 1. The molecule has 0 radical (unpaired) electrons. The molecule has 0 fully saturated rings. The van der Waals surface area contributed by atoms with Crippen molar-refractivity contribution in [1.29, 1.82) is 0 Å². The molecule has 0 aliphatic carbocycles. The Labute approximate surface area is 146 Å². The number of rotatable bonds is 0. The second-order valence-corrected chi connectivity index (χ2v) is 7.95. The van der Waals surface area contributed by atoms with Gasteiger partial charge in [-0.25, -0.2) is 0 Å². The van der Waals surface area contributed by atoms with E-state index in [-0.39, 0.29) is 5.41 Å². The van der Waals surface area contributed by atoms with Crippen molar-refractivity contribution in [1.82, 2.24) is 4.57 Å². The van der Waals surface area contributed by atoms with Gasteiger partial charge >= 0.3 is 0 Å². The Balaban J connectivity index is 2.19. The lowest BCUT2D eigenvalue weighted by Gasteiger charge is -2.21. The molecule has 0 spiro atoms. The van der Waals surface area contributed by atoms with Gasteiger partial charge in [-0.3, -0.25) is 0 Å². The zero-order valence-electron chi connectivity index (χ0n) is 15.1. The fraction of sp³-hybridized carbons (Fsp3) is 0.217. The number of hydrogen-bond acceptors (Lipinski definition) is 1. The summed E-state index contributed by atoms with van der Waals surface area (Å²) in [6.07, 6.45) is 0. The fourth-order valence-corrected chi connectivity index (χ4v) is 4.16. The molecular weight excluding hydrogens is 306 g/mol. The summed E-state index contributed by atoms with van der Waals surface area (Å²) in [5, 5.41) is 5.03. The van der Waals surface area contributed by atoms with Gasteiger partial charge in [-0.05, 0) is 29.2 Å². The molecule has 0 atom stereocenters. The summed E-state index contributed by atoms with van der Waals surface area (Å²) in [7, 11) is 2.17. The molecule has 0 N–H and O–H groups in total. The van der Waals surface area contributed by atoms with Crippen LogP contribution < -0.4 is 0 Å². The normalized spacial score (nSPS) is 12.8. The van der Waals surface area contributed by atoms with Crippen molar-refractivity contribution in [2.45, 2.75) is 26.2 Å². The highest BCUT2D eigenvalue weighted by Crippen LogP contribution is 2.43. The van der Waals surface area contributed by atoms with Crippen LogP contribution in [0.2, 0.25) is 0 Å². The Bertz CT molecular complexity index is 1280. The fourth-order valence-electron chi connectivity index (χ4n) is 4.16. The van der Waals surface area contributed by atoms with Crippen LogP contribution in [0, 0.1) is 0 Å². The highest BCUT2D eigenvalue weighted by atomic mass is 16.3. The molecular formula is C23H21NO. The van der Waals surface area contributed by atoms with E-state index in [1.165, 1.54) is 38.1 Å². The van der Waals surface area contributed by atoms with Gasteiger partial charge in [0.1, 0.15) is 11.2 Å². The molecule has 124 valence electrons. The van der Waals surface area contributed by atoms with Gasteiger partial charge in [-0.15, -0.1) is 0 Å². The van der Waals surface area contributed by atoms with Gasteiger partial charge in [0, 0.05) is 34.1 Å². The Morgan fingerprint density at radius 1 is 0.800 bits per heavy atom. The van der Waals surface area contributed by atoms with E-state index in [2.05, 4.69) is 80.9 Å². The van der Waals surface area contributed by atoms with Crippen molar-refractivity contribution in [3.8, 4) is 0 Å². The maximum absolute atomic E-state index is 6.25. The van der Waals surface area contributed by atoms with Gasteiger partial charge in [-0.1, -0.05) is 57.2 Å². The highest BCUT2D eigenvalue weighted by molar-refractivity contribution is 6.27. The van der Waals surface area contributed by atoms with E-state index < -0.39 is 0 Å². The first-order chi connectivity index (χ1) is 12.0. The van der Waals surface area contributed by atoms with Crippen LogP contribution >= 0.6 is 0 Å². The van der Waals surface area contributed by atoms with E-state index in [1.807, 2.05) is 6.07 Å². The second-order valence-electron chi connectivity index (χ2n) is 7.95. The number of nitrogens with zero attached hydrogens (tertiary/aromatic N) is 1. The van der Waals surface area contributed by atoms with Crippen LogP contribution in [0.4, 0.5) is 0 Å². The van der Waals surface area contributed by atoms with Crippen LogP contribution in [0.5, 0.6) is 0 Å². The molecule has 0 saturated carbocycles. The molecule has 25 heavy (non-hydrogen) atoms. The summed E-state index contributed by atoms with van der Waals surface area (Å²) < 4.78 is 8.59. The summed E-state index contributed by atoms with van der Waals surface area (Å²) >= 11 is 0. The molecule has 2 aromatic heterocycles. The van der Waals surface area contributed by atoms with Crippen molar-refractivity contribution in [2.75, 3.05) is 0 Å². The van der Waals surface area contributed by atoms with Gasteiger partial charge in [0.15, 0.2) is 0 Å². The van der Waals surface area contributed by atoms with Gasteiger partial charge in [0.2, 0.25) is 0 Å². The van der Waals surface area contributed by atoms with E-state index in [4.69, 9.17) is 4.42 Å². The number of hydrogen-bond donors (Lipinski definition) is 0. The van der Waals surface area contributed by atoms with E-state index in [1.54, 1.807) is 0 Å². The molecule has 2 nitrogen and oxygen atoms in total. The van der Waals surface area contributed by atoms with Gasteiger partial charge < -0.3 is 8.98 Å². The monoisotopic (exact) mass is 327 g/mol. The molecule has 2 heterocycles. The largest absolute Gasteiger partial charge is 0.456 e. The predicted octanol–water partition coefficient (Wildman–Crippen LogP) is 6.53. The third-order valence-electron chi connectivity index (χ3n) is 5.32. The minimum absolute atomic E-state index is 0.0353. The number of fused-ring (bicyclic) bond motifs is 7. The quantitative estimate of drug-likeness (QED) is 0.316. The van der Waals surface area contributed by atoms with Gasteiger partial charge in [0.05, 0.1) is 5.52 Å². The first kappa shape index (κ1) is 14.6. The molecule has 0 aliphatic heterocycles. The summed E-state index contributed by atoms with van der Waals surface area (Å²) in [5.74, 6) is 0. The maximum Gasteiger partial charge on any atom is 0.136 e. The average molecular weight is 327 g/mol. The van der Waals surface area contributed by atoms with E-state index in [9.17, 15) is 0 Å². The summed E-state index contributed by atoms with van der Waals surface area (Å²) in [4.78, 5) is 0. The first-order valence-electron chi connectivity index (χ1n) is 8.78. The van der Waals surface area contributed by atoms with Crippen LogP contribution in [0.15, 0.2) is 59.0 Å². The smallest absolute Gasteiger partial charge is 0.136 e. The van der Waals surface area contributed by atoms with E-state index in [0.717, 1.165) is 11.2 Å². The number of aryl methyl sites for hydroxylation is 1. The molecule has 3 aromatic carbocycles. The van der Waals surface area contributed by atoms with Crippen molar-refractivity contribution in [3.05, 3.63) is 60.2 Å². The van der Waals surface area contributed by atoms with Crippen LogP contribution in [-0.2, 0) is 12.5 Å². The van der Waals surface area contributed by atoms with Crippen molar-refractivity contribution < 1.29 is 4.42 Å². The molecule has 0 amide bonds. The van der Waals surface area contributed by atoms with E-state index >= 15 is 0 Å². The lowest BCUT2D eigenvalue weighted by molar-refractivity contribution is 0.590. The minimum Gasteiger partial charge on any atom is -0.456 e. The number of para-hydroxylation sites is 2. The Hall–Kier alpha value is -2.74. The van der Waals surface area contributed by atoms with Crippen molar-refractivity contribution in [3.63, 3.8) is 0 Å². The second kappa shape index (κ2) is 4.66. The lowest BCUT2D eigenvalue weighted by atomic mass is 9.84. The molecule has 0 bridgehead atoms. The average Bonchev–Trinajstić information content (AvgIpc) is 3.10. The third kappa shape index (κ3) is 1.85. The first-order valence-corrected chi connectivity index (χ1v) is 8.78. The maximum atomic E-state index is 6.25. The molecule has 0 unspecified atom stereocenters. The van der Waals surface area contributed by atoms with Crippen LogP contribution in [0.1, 0.15) is 26.3 Å². The van der Waals surface area contributed by atoms with Crippen molar-refractivity contribution >= 4 is 43.7 Å². The SMILES string of the molecule is Cn1c2ccccc2c2c3c(cc(C(C)(C)C)c21)oc1ccccc13. The highest BCUT2D eigenvalue weighted by Gasteiger charge is 2.25. The summed E-state index contributed by atoms with van der Waals surface area (Å²) in [5.41, 5.74) is 5.88. The van der Waals surface area contributed by atoms with Crippen LogP contribution in [-0.4, -0.2) is 4.57 Å². The zero-order valence-corrected chi connectivity index (χ0v) is 15.1. The predicted molar refractivity (Wildman–Crippen MR) is 106 cm³/mol. The van der Waals surface area contributed by atoms with Gasteiger partial charge in [-0.2, -0.15) is 0 Å². The topological polar surface area (TPSA) is 18.1 Å². The van der Waals surface area contributed by atoms with Crippen LogP contribution in [0.3, 0.4) is 0 Å². The molecule has 0 saturated heterocycles. The third-order valence-corrected chi connectivity index (χ3v) is 5.32. The van der Waals surface area contributed by atoms with Crippen molar-refractivity contribution in [2.24, 2.45) is 7.05 Å².